The summed E-state index contributed by atoms with van der Waals surface area (Å²) in [5.41, 5.74) is 2.39. The van der Waals surface area contributed by atoms with E-state index in [9.17, 15) is 9.59 Å². The van der Waals surface area contributed by atoms with E-state index in [1.165, 1.54) is 0 Å². The molecule has 1 aliphatic carbocycles. The lowest BCUT2D eigenvalue weighted by Crippen LogP contribution is -2.43. The van der Waals surface area contributed by atoms with E-state index in [2.05, 4.69) is 13.8 Å². The maximum atomic E-state index is 13.8. The van der Waals surface area contributed by atoms with Gasteiger partial charge in [-0.3, -0.25) is 9.59 Å². The molecule has 2 atom stereocenters. The van der Waals surface area contributed by atoms with Gasteiger partial charge in [0, 0.05) is 48.7 Å². The van der Waals surface area contributed by atoms with Crippen molar-refractivity contribution in [2.24, 2.45) is 18.9 Å². The SMILES string of the molecule is C[C@H]1C[C@H](C)CN(C(=O)c2cn(C3CCCC3)c(=O)c3c2c2ccccc2n3C)C1. The molecule has 0 N–H and O–H groups in total. The van der Waals surface area contributed by atoms with Crippen molar-refractivity contribution in [3.63, 3.8) is 0 Å². The zero-order chi connectivity index (χ0) is 21.0. The van der Waals surface area contributed by atoms with Gasteiger partial charge < -0.3 is 14.0 Å². The number of hydrogen-bond donors (Lipinski definition) is 0. The maximum absolute atomic E-state index is 13.8. The normalized spacial score (nSPS) is 23.0. The molecule has 0 spiro atoms. The van der Waals surface area contributed by atoms with Crippen LogP contribution < -0.4 is 5.56 Å². The Balaban J connectivity index is 1.77. The smallest absolute Gasteiger partial charge is 0.275 e. The average Bonchev–Trinajstić information content (AvgIpc) is 3.35. The first-order valence-corrected chi connectivity index (χ1v) is 11.4. The van der Waals surface area contributed by atoms with Crippen molar-refractivity contribution in [2.45, 2.75) is 52.0 Å². The van der Waals surface area contributed by atoms with Crippen molar-refractivity contribution in [3.8, 4) is 0 Å². The van der Waals surface area contributed by atoms with Gasteiger partial charge >= 0.3 is 0 Å². The molecule has 0 bridgehead atoms. The van der Waals surface area contributed by atoms with Gasteiger partial charge in [-0.15, -0.1) is 0 Å². The van der Waals surface area contributed by atoms with Crippen molar-refractivity contribution >= 4 is 27.7 Å². The number of amides is 1. The average molecular weight is 406 g/mol. The number of pyridine rings is 1. The van der Waals surface area contributed by atoms with Gasteiger partial charge in [-0.1, -0.05) is 44.9 Å². The summed E-state index contributed by atoms with van der Waals surface area (Å²) in [4.78, 5) is 29.4. The number of carbonyl (C=O) groups excluding carboxylic acids is 1. The van der Waals surface area contributed by atoms with E-state index in [1.807, 2.05) is 51.5 Å². The topological polar surface area (TPSA) is 47.2 Å². The Hall–Kier alpha value is -2.56. The highest BCUT2D eigenvalue weighted by atomic mass is 16.2. The van der Waals surface area contributed by atoms with Crippen LogP contribution in [-0.2, 0) is 7.05 Å². The third-order valence-corrected chi connectivity index (χ3v) is 7.19. The molecular formula is C25H31N3O2. The Kier molecular flexibility index (Phi) is 4.72. The summed E-state index contributed by atoms with van der Waals surface area (Å²) in [6.45, 7) is 6.03. The predicted octanol–water partition coefficient (Wildman–Crippen LogP) is 4.73. The minimum atomic E-state index is 0.0348. The van der Waals surface area contributed by atoms with Gasteiger partial charge in [-0.05, 0) is 37.2 Å². The number of fused-ring (bicyclic) bond motifs is 3. The standard InChI is InChI=1S/C25H31N3O2/c1-16-12-17(2)14-27(13-16)24(29)20-15-28(18-8-4-5-9-18)25(30)23-22(20)19-10-6-7-11-21(19)26(23)3/h6-7,10-11,15-18H,4-5,8-9,12-14H2,1-3H3/t16-,17-/m0/s1. The molecule has 1 saturated carbocycles. The second-order valence-electron chi connectivity index (χ2n) is 9.65. The number of aryl methyl sites for hydroxylation is 1. The molecule has 2 fully saturated rings. The third kappa shape index (κ3) is 2.98. The molecule has 5 rings (SSSR count). The fourth-order valence-electron chi connectivity index (χ4n) is 5.92. The molecule has 30 heavy (non-hydrogen) atoms. The highest BCUT2D eigenvalue weighted by Gasteiger charge is 2.30. The Labute approximate surface area is 177 Å². The zero-order valence-electron chi connectivity index (χ0n) is 18.2. The molecule has 2 aliphatic rings. The highest BCUT2D eigenvalue weighted by molar-refractivity contribution is 6.17. The van der Waals surface area contributed by atoms with Gasteiger partial charge in [0.25, 0.3) is 11.5 Å². The molecule has 3 heterocycles. The molecular weight excluding hydrogens is 374 g/mol. The molecule has 0 radical (unpaired) electrons. The summed E-state index contributed by atoms with van der Waals surface area (Å²) in [7, 11) is 1.95. The van der Waals surface area contributed by atoms with Crippen LogP contribution in [-0.4, -0.2) is 33.0 Å². The molecule has 0 unspecified atom stereocenters. The van der Waals surface area contributed by atoms with Crippen LogP contribution in [0, 0.1) is 11.8 Å². The van der Waals surface area contributed by atoms with Gasteiger partial charge in [-0.25, -0.2) is 0 Å². The first-order valence-electron chi connectivity index (χ1n) is 11.4. The number of benzene rings is 1. The number of piperidine rings is 1. The number of para-hydroxylation sites is 1. The fourth-order valence-corrected chi connectivity index (χ4v) is 5.92. The van der Waals surface area contributed by atoms with Crippen molar-refractivity contribution in [3.05, 3.63) is 46.4 Å². The predicted molar refractivity (Wildman–Crippen MR) is 121 cm³/mol. The lowest BCUT2D eigenvalue weighted by atomic mass is 9.91. The third-order valence-electron chi connectivity index (χ3n) is 7.19. The summed E-state index contributed by atoms with van der Waals surface area (Å²) >= 11 is 0. The van der Waals surface area contributed by atoms with Crippen LogP contribution in [0.1, 0.15) is 62.4 Å². The molecule has 5 heteroatoms. The van der Waals surface area contributed by atoms with Gasteiger partial charge in [-0.2, -0.15) is 0 Å². The van der Waals surface area contributed by atoms with E-state index in [0.717, 1.165) is 61.5 Å². The van der Waals surface area contributed by atoms with Gasteiger partial charge in [0.1, 0.15) is 5.52 Å². The Morgan fingerprint density at radius 2 is 1.70 bits per heavy atom. The van der Waals surface area contributed by atoms with E-state index in [-0.39, 0.29) is 17.5 Å². The van der Waals surface area contributed by atoms with Gasteiger partial charge in [0.15, 0.2) is 0 Å². The summed E-state index contributed by atoms with van der Waals surface area (Å²) < 4.78 is 3.86. The Bertz CT molecular complexity index is 1170. The lowest BCUT2D eigenvalue weighted by molar-refractivity contribution is 0.0624. The largest absolute Gasteiger partial charge is 0.339 e. The van der Waals surface area contributed by atoms with Crippen LogP contribution in [0.2, 0.25) is 0 Å². The number of nitrogens with zero attached hydrogens (tertiary/aromatic N) is 3. The van der Waals surface area contributed by atoms with Gasteiger partial charge in [0.05, 0.1) is 5.56 Å². The molecule has 1 aliphatic heterocycles. The summed E-state index contributed by atoms with van der Waals surface area (Å²) in [5, 5.41) is 1.82. The summed E-state index contributed by atoms with van der Waals surface area (Å²) in [6.07, 6.45) is 7.37. The van der Waals surface area contributed by atoms with E-state index < -0.39 is 0 Å². The van der Waals surface area contributed by atoms with Crippen molar-refractivity contribution in [1.82, 2.24) is 14.0 Å². The van der Waals surface area contributed by atoms with E-state index in [0.29, 0.717) is 22.9 Å². The maximum Gasteiger partial charge on any atom is 0.275 e. The first kappa shape index (κ1) is 19.4. The summed E-state index contributed by atoms with van der Waals surface area (Å²) in [5.74, 6) is 1.07. The molecule has 5 nitrogen and oxygen atoms in total. The molecule has 3 aromatic rings. The Morgan fingerprint density at radius 3 is 2.40 bits per heavy atom. The minimum Gasteiger partial charge on any atom is -0.339 e. The molecule has 158 valence electrons. The second-order valence-corrected chi connectivity index (χ2v) is 9.65. The number of hydrogen-bond acceptors (Lipinski definition) is 2. The number of aromatic nitrogens is 2. The lowest BCUT2D eigenvalue weighted by Gasteiger charge is -2.35. The molecule has 1 aromatic carbocycles. The Morgan fingerprint density at radius 1 is 1.03 bits per heavy atom. The van der Waals surface area contributed by atoms with Crippen LogP contribution >= 0.6 is 0 Å². The van der Waals surface area contributed by atoms with Crippen LogP contribution in [0.4, 0.5) is 0 Å². The molecule has 1 saturated heterocycles. The molecule has 2 aromatic heterocycles. The zero-order valence-corrected chi connectivity index (χ0v) is 18.2. The minimum absolute atomic E-state index is 0.0348. The van der Waals surface area contributed by atoms with Crippen LogP contribution in [0.15, 0.2) is 35.3 Å². The monoisotopic (exact) mass is 405 g/mol. The van der Waals surface area contributed by atoms with Crippen LogP contribution in [0.3, 0.4) is 0 Å². The second kappa shape index (κ2) is 7.29. The fraction of sp³-hybridized carbons (Fsp3) is 0.520. The van der Waals surface area contributed by atoms with E-state index in [1.54, 1.807) is 0 Å². The molecule has 1 amide bonds. The van der Waals surface area contributed by atoms with Crippen LogP contribution in [0.5, 0.6) is 0 Å². The number of carbonyl (C=O) groups is 1. The first-order chi connectivity index (χ1) is 14.5. The van der Waals surface area contributed by atoms with Crippen LogP contribution in [0.25, 0.3) is 21.8 Å². The van der Waals surface area contributed by atoms with Crippen molar-refractivity contribution in [1.29, 1.82) is 0 Å². The quantitative estimate of drug-likeness (QED) is 0.619. The van der Waals surface area contributed by atoms with E-state index >= 15 is 0 Å². The van der Waals surface area contributed by atoms with E-state index in [4.69, 9.17) is 0 Å². The summed E-state index contributed by atoms with van der Waals surface area (Å²) in [6, 6.07) is 8.25. The van der Waals surface area contributed by atoms with Crippen molar-refractivity contribution in [2.75, 3.05) is 13.1 Å². The van der Waals surface area contributed by atoms with Gasteiger partial charge in [0.2, 0.25) is 0 Å². The number of likely N-dealkylation sites (tertiary alicyclic amines) is 1. The highest BCUT2D eigenvalue weighted by Crippen LogP contribution is 2.34. The van der Waals surface area contributed by atoms with Crippen molar-refractivity contribution < 1.29 is 4.79 Å². The number of rotatable bonds is 2.